The molecule has 0 spiro atoms. The average molecular weight is 492 g/mol. The number of ether oxygens (including phenoxy) is 3. The molecule has 2 aromatic carbocycles. The highest BCUT2D eigenvalue weighted by atomic mass is 32.1. The number of anilines is 2. The molecule has 1 fully saturated rings. The van der Waals surface area contributed by atoms with Gasteiger partial charge in [-0.3, -0.25) is 10.1 Å². The van der Waals surface area contributed by atoms with Crippen molar-refractivity contribution in [2.45, 2.75) is 0 Å². The van der Waals surface area contributed by atoms with Crippen LogP contribution in [-0.2, 0) is 9.53 Å². The molecule has 1 aromatic heterocycles. The molecule has 35 heavy (non-hydrogen) atoms. The number of carbonyl (C=O) groups is 2. The number of rotatable bonds is 7. The lowest BCUT2D eigenvalue weighted by molar-refractivity contribution is -0.112. The van der Waals surface area contributed by atoms with E-state index >= 15 is 0 Å². The molecule has 1 amide bonds. The van der Waals surface area contributed by atoms with Crippen molar-refractivity contribution in [3.8, 4) is 17.6 Å². The van der Waals surface area contributed by atoms with E-state index in [4.69, 9.17) is 14.2 Å². The van der Waals surface area contributed by atoms with Crippen LogP contribution in [-0.4, -0.2) is 55.5 Å². The smallest absolute Gasteiger partial charge is 0.343 e. The SMILES string of the molecule is COc1cc(C=C(C#N)C(=O)Nc2nnc(N3CCOCC3)s2)ccc1OC(=O)c1ccccc1. The summed E-state index contributed by atoms with van der Waals surface area (Å²) < 4.78 is 16.1. The molecular formula is C24H21N5O5S. The van der Waals surface area contributed by atoms with Crippen molar-refractivity contribution < 1.29 is 23.8 Å². The third-order valence-corrected chi connectivity index (χ3v) is 5.89. The van der Waals surface area contributed by atoms with E-state index in [1.807, 2.05) is 11.0 Å². The van der Waals surface area contributed by atoms with E-state index in [1.54, 1.807) is 42.5 Å². The van der Waals surface area contributed by atoms with Gasteiger partial charge in [0.05, 0.1) is 25.9 Å². The minimum Gasteiger partial charge on any atom is -0.493 e. The third kappa shape index (κ3) is 6.00. The normalized spacial score (nSPS) is 13.6. The van der Waals surface area contributed by atoms with Gasteiger partial charge in [0.25, 0.3) is 5.91 Å². The zero-order chi connectivity index (χ0) is 24.6. The summed E-state index contributed by atoms with van der Waals surface area (Å²) in [7, 11) is 1.43. The number of morpholine rings is 1. The fraction of sp³-hybridized carbons (Fsp3) is 0.208. The Bertz CT molecular complexity index is 1280. The quantitative estimate of drug-likeness (QED) is 0.229. The molecule has 0 saturated carbocycles. The monoisotopic (exact) mass is 491 g/mol. The molecule has 0 bridgehead atoms. The fourth-order valence-electron chi connectivity index (χ4n) is 3.22. The summed E-state index contributed by atoms with van der Waals surface area (Å²) in [6.45, 7) is 2.61. The standard InChI is InChI=1S/C24H21N5O5S/c1-32-20-14-16(7-8-19(20)34-22(31)17-5-3-2-4-6-17)13-18(15-25)21(30)26-23-27-28-24(35-23)29-9-11-33-12-10-29/h2-8,13-14H,9-12H2,1H3,(H,26,27,30). The Labute approximate surface area is 205 Å². The Morgan fingerprint density at radius 3 is 2.63 bits per heavy atom. The highest BCUT2D eigenvalue weighted by Gasteiger charge is 2.18. The summed E-state index contributed by atoms with van der Waals surface area (Å²) in [5, 5.41) is 21.2. The molecule has 3 aromatic rings. The molecule has 0 radical (unpaired) electrons. The molecule has 4 rings (SSSR count). The Kier molecular flexibility index (Phi) is 7.67. The van der Waals surface area contributed by atoms with E-state index in [-0.39, 0.29) is 17.1 Å². The van der Waals surface area contributed by atoms with E-state index in [0.29, 0.717) is 47.7 Å². The molecule has 0 aliphatic carbocycles. The van der Waals surface area contributed by atoms with Crippen LogP contribution in [0.15, 0.2) is 54.1 Å². The second kappa shape index (κ2) is 11.2. The Morgan fingerprint density at radius 2 is 1.91 bits per heavy atom. The van der Waals surface area contributed by atoms with Gasteiger partial charge in [-0.25, -0.2) is 4.79 Å². The Morgan fingerprint density at radius 1 is 1.14 bits per heavy atom. The summed E-state index contributed by atoms with van der Waals surface area (Å²) in [5.41, 5.74) is 0.777. The van der Waals surface area contributed by atoms with Crippen molar-refractivity contribution in [2.24, 2.45) is 0 Å². The van der Waals surface area contributed by atoms with E-state index in [0.717, 1.165) is 0 Å². The van der Waals surface area contributed by atoms with Crippen LogP contribution in [0.1, 0.15) is 15.9 Å². The van der Waals surface area contributed by atoms with Gasteiger partial charge in [-0.1, -0.05) is 35.6 Å². The maximum Gasteiger partial charge on any atom is 0.343 e. The van der Waals surface area contributed by atoms with Crippen molar-refractivity contribution in [3.63, 3.8) is 0 Å². The summed E-state index contributed by atoms with van der Waals surface area (Å²) in [5.74, 6) is -0.653. The third-order valence-electron chi connectivity index (χ3n) is 4.99. The number of carbonyl (C=O) groups excluding carboxylic acids is 2. The van der Waals surface area contributed by atoms with Crippen LogP contribution in [0.3, 0.4) is 0 Å². The number of nitrogens with zero attached hydrogens (tertiary/aromatic N) is 4. The minimum atomic E-state index is -0.615. The molecule has 1 aliphatic rings. The molecule has 10 nitrogen and oxygen atoms in total. The van der Waals surface area contributed by atoms with Gasteiger partial charge in [0.1, 0.15) is 11.6 Å². The zero-order valence-corrected chi connectivity index (χ0v) is 19.6. The summed E-state index contributed by atoms with van der Waals surface area (Å²) in [6, 6.07) is 15.2. The first kappa shape index (κ1) is 23.9. The number of aromatic nitrogens is 2. The molecule has 0 unspecified atom stereocenters. The van der Waals surface area contributed by atoms with Gasteiger partial charge in [0.15, 0.2) is 11.5 Å². The van der Waals surface area contributed by atoms with Crippen LogP contribution in [0.4, 0.5) is 10.3 Å². The maximum absolute atomic E-state index is 12.7. The van der Waals surface area contributed by atoms with Crippen LogP contribution in [0.2, 0.25) is 0 Å². The largest absolute Gasteiger partial charge is 0.493 e. The first-order valence-corrected chi connectivity index (χ1v) is 11.4. The molecule has 1 aliphatic heterocycles. The molecule has 1 N–H and O–H groups in total. The number of hydrogen-bond donors (Lipinski definition) is 1. The first-order chi connectivity index (χ1) is 17.1. The summed E-state index contributed by atoms with van der Waals surface area (Å²) in [6.07, 6.45) is 1.41. The number of amides is 1. The number of benzene rings is 2. The molecule has 1 saturated heterocycles. The number of nitriles is 1. The van der Waals surface area contributed by atoms with Crippen molar-refractivity contribution in [1.29, 1.82) is 5.26 Å². The highest BCUT2D eigenvalue weighted by Crippen LogP contribution is 2.30. The summed E-state index contributed by atoms with van der Waals surface area (Å²) >= 11 is 1.22. The number of hydrogen-bond acceptors (Lipinski definition) is 10. The van der Waals surface area contributed by atoms with E-state index < -0.39 is 11.9 Å². The Balaban J connectivity index is 1.46. The maximum atomic E-state index is 12.7. The van der Waals surface area contributed by atoms with Crippen LogP contribution in [0.5, 0.6) is 11.5 Å². The lowest BCUT2D eigenvalue weighted by atomic mass is 10.1. The van der Waals surface area contributed by atoms with Crippen LogP contribution in [0.25, 0.3) is 6.08 Å². The summed E-state index contributed by atoms with van der Waals surface area (Å²) in [4.78, 5) is 27.0. The van der Waals surface area contributed by atoms with E-state index in [2.05, 4.69) is 15.5 Å². The molecule has 2 heterocycles. The van der Waals surface area contributed by atoms with Gasteiger partial charge >= 0.3 is 5.97 Å². The van der Waals surface area contributed by atoms with Gasteiger partial charge in [0, 0.05) is 13.1 Å². The van der Waals surface area contributed by atoms with Crippen molar-refractivity contribution >= 4 is 39.6 Å². The van der Waals surface area contributed by atoms with Gasteiger partial charge < -0.3 is 19.1 Å². The molecule has 11 heteroatoms. The second-order valence-corrected chi connectivity index (χ2v) is 8.23. The van der Waals surface area contributed by atoms with Gasteiger partial charge in [-0.05, 0) is 35.9 Å². The van der Waals surface area contributed by atoms with Gasteiger partial charge in [0.2, 0.25) is 10.3 Å². The molecule has 178 valence electrons. The molecular weight excluding hydrogens is 470 g/mol. The van der Waals surface area contributed by atoms with Crippen molar-refractivity contribution in [2.75, 3.05) is 43.6 Å². The van der Waals surface area contributed by atoms with E-state index in [1.165, 1.54) is 30.6 Å². The zero-order valence-electron chi connectivity index (χ0n) is 18.8. The average Bonchev–Trinajstić information content (AvgIpc) is 3.37. The number of nitrogens with one attached hydrogen (secondary N) is 1. The molecule has 0 atom stereocenters. The number of esters is 1. The fourth-order valence-corrected chi connectivity index (χ4v) is 4.01. The highest BCUT2D eigenvalue weighted by molar-refractivity contribution is 7.19. The van der Waals surface area contributed by atoms with Crippen molar-refractivity contribution in [3.05, 3.63) is 65.2 Å². The van der Waals surface area contributed by atoms with Gasteiger partial charge in [-0.15, -0.1) is 10.2 Å². The minimum absolute atomic E-state index is 0.135. The first-order valence-electron chi connectivity index (χ1n) is 10.6. The van der Waals surface area contributed by atoms with Crippen molar-refractivity contribution in [1.82, 2.24) is 10.2 Å². The van der Waals surface area contributed by atoms with Crippen LogP contribution in [0, 0.1) is 11.3 Å². The Hall–Kier alpha value is -4.27. The predicted octanol–water partition coefficient (Wildman–Crippen LogP) is 3.15. The van der Waals surface area contributed by atoms with Crippen LogP contribution >= 0.6 is 11.3 Å². The predicted molar refractivity (Wildman–Crippen MR) is 130 cm³/mol. The number of methoxy groups -OCH3 is 1. The lowest BCUT2D eigenvalue weighted by Crippen LogP contribution is -2.36. The van der Waals surface area contributed by atoms with Crippen LogP contribution < -0.4 is 19.7 Å². The lowest BCUT2D eigenvalue weighted by Gasteiger charge is -2.25. The van der Waals surface area contributed by atoms with E-state index in [9.17, 15) is 14.9 Å². The van der Waals surface area contributed by atoms with Gasteiger partial charge in [-0.2, -0.15) is 5.26 Å². The second-order valence-electron chi connectivity index (χ2n) is 7.28. The topological polar surface area (TPSA) is 127 Å².